The van der Waals surface area contributed by atoms with Crippen LogP contribution in [-0.4, -0.2) is 15.5 Å². The Hall–Kier alpha value is -2.11. The number of nitrogens with one attached hydrogen (secondary N) is 1. The molecule has 1 aliphatic heterocycles. The van der Waals surface area contributed by atoms with Gasteiger partial charge in [-0.3, -0.25) is 14.3 Å². The van der Waals surface area contributed by atoms with E-state index in [2.05, 4.69) is 4.98 Å². The molecule has 0 aromatic carbocycles. The number of ether oxygens (including phenoxy) is 1. The second kappa shape index (κ2) is 4.04. The molecule has 1 aromatic heterocycles. The molecule has 17 heavy (non-hydrogen) atoms. The minimum Gasteiger partial charge on any atom is -0.434 e. The van der Waals surface area contributed by atoms with E-state index in [9.17, 15) is 14.4 Å². The van der Waals surface area contributed by atoms with E-state index in [1.165, 1.54) is 16.8 Å². The maximum atomic E-state index is 11.6. The van der Waals surface area contributed by atoms with Crippen molar-refractivity contribution in [1.82, 2.24) is 9.55 Å². The van der Waals surface area contributed by atoms with Crippen molar-refractivity contribution in [1.29, 1.82) is 0 Å². The Bertz CT molecular complexity index is 608. The fraction of sp³-hybridized carbons (Fsp3) is 0.364. The smallest absolute Gasteiger partial charge is 0.336 e. The van der Waals surface area contributed by atoms with Crippen molar-refractivity contribution in [2.24, 2.45) is 0 Å². The summed E-state index contributed by atoms with van der Waals surface area (Å²) >= 11 is 0. The Balaban J connectivity index is 2.53. The van der Waals surface area contributed by atoms with Gasteiger partial charge in [-0.25, -0.2) is 9.59 Å². The molecular formula is C11H12N2O4. The normalized spacial score (nSPS) is 19.6. The number of aromatic nitrogens is 2. The highest BCUT2D eigenvalue weighted by atomic mass is 16.6. The predicted molar refractivity (Wildman–Crippen MR) is 59.4 cm³/mol. The molecule has 0 radical (unpaired) electrons. The Morgan fingerprint density at radius 2 is 2.12 bits per heavy atom. The van der Waals surface area contributed by atoms with E-state index in [1.54, 1.807) is 6.92 Å². The number of rotatable bonds is 2. The van der Waals surface area contributed by atoms with Gasteiger partial charge in [0.05, 0.1) is 0 Å². The zero-order chi connectivity index (χ0) is 12.6. The molecule has 0 bridgehead atoms. The zero-order valence-corrected chi connectivity index (χ0v) is 9.52. The molecule has 6 heteroatoms. The fourth-order valence-corrected chi connectivity index (χ4v) is 1.85. The molecule has 2 heterocycles. The number of nitrogens with zero attached hydrogens (tertiary/aromatic N) is 1. The minimum absolute atomic E-state index is 0.426. The number of hydrogen-bond donors (Lipinski definition) is 1. The lowest BCUT2D eigenvalue weighted by atomic mass is 10.1. The lowest BCUT2D eigenvalue weighted by Crippen LogP contribution is -2.32. The summed E-state index contributed by atoms with van der Waals surface area (Å²) in [5.41, 5.74) is 0.213. The van der Waals surface area contributed by atoms with Crippen LogP contribution >= 0.6 is 0 Å². The number of cyclic esters (lactones) is 1. The van der Waals surface area contributed by atoms with Crippen molar-refractivity contribution in [3.63, 3.8) is 0 Å². The van der Waals surface area contributed by atoms with Crippen LogP contribution in [0.1, 0.15) is 26.5 Å². The van der Waals surface area contributed by atoms with Crippen molar-refractivity contribution < 1.29 is 9.53 Å². The molecule has 1 atom stereocenters. The predicted octanol–water partition coefficient (Wildman–Crippen LogP) is 0.319. The van der Waals surface area contributed by atoms with Gasteiger partial charge in [0.2, 0.25) is 6.23 Å². The highest BCUT2D eigenvalue weighted by Crippen LogP contribution is 2.31. The molecule has 90 valence electrons. The van der Waals surface area contributed by atoms with Crippen molar-refractivity contribution in [2.45, 2.75) is 26.5 Å². The van der Waals surface area contributed by atoms with Crippen LogP contribution in [0, 0.1) is 0 Å². The van der Waals surface area contributed by atoms with E-state index in [0.717, 1.165) is 5.57 Å². The summed E-state index contributed by atoms with van der Waals surface area (Å²) in [5.74, 6) is -0.426. The van der Waals surface area contributed by atoms with Gasteiger partial charge in [0.15, 0.2) is 0 Å². The fourth-order valence-electron chi connectivity index (χ4n) is 1.85. The molecule has 2 rings (SSSR count). The third-order valence-corrected chi connectivity index (χ3v) is 2.79. The molecule has 0 saturated carbocycles. The van der Waals surface area contributed by atoms with Gasteiger partial charge in [-0.2, -0.15) is 0 Å². The maximum Gasteiger partial charge on any atom is 0.336 e. The van der Waals surface area contributed by atoms with Crippen LogP contribution in [0.4, 0.5) is 0 Å². The summed E-state index contributed by atoms with van der Waals surface area (Å²) in [6.07, 6.45) is 1.19. The summed E-state index contributed by atoms with van der Waals surface area (Å²) in [7, 11) is 0. The van der Waals surface area contributed by atoms with E-state index in [4.69, 9.17) is 4.74 Å². The Kier molecular flexibility index (Phi) is 2.71. The Morgan fingerprint density at radius 3 is 2.71 bits per heavy atom. The highest BCUT2D eigenvalue weighted by Gasteiger charge is 2.31. The molecule has 1 aromatic rings. The van der Waals surface area contributed by atoms with Gasteiger partial charge in [0, 0.05) is 23.4 Å². The molecule has 6 nitrogen and oxygen atoms in total. The SMILES string of the molecule is CCC1=C(C)C(=O)O[C@H]1n1ccc(=O)[nH]c1=O. The van der Waals surface area contributed by atoms with E-state index in [-0.39, 0.29) is 0 Å². The summed E-state index contributed by atoms with van der Waals surface area (Å²) in [4.78, 5) is 36.1. The molecule has 1 aliphatic rings. The zero-order valence-electron chi connectivity index (χ0n) is 9.52. The number of carbonyl (C=O) groups is 1. The molecule has 1 N–H and O–H groups in total. The van der Waals surface area contributed by atoms with Crippen molar-refractivity contribution in [3.8, 4) is 0 Å². The van der Waals surface area contributed by atoms with Crippen molar-refractivity contribution in [3.05, 3.63) is 44.2 Å². The van der Waals surface area contributed by atoms with Crippen LogP contribution < -0.4 is 11.2 Å². The van der Waals surface area contributed by atoms with Crippen LogP contribution in [0.5, 0.6) is 0 Å². The first-order valence-electron chi connectivity index (χ1n) is 5.26. The molecule has 0 amide bonds. The topological polar surface area (TPSA) is 81.2 Å². The Morgan fingerprint density at radius 1 is 1.41 bits per heavy atom. The van der Waals surface area contributed by atoms with Gasteiger partial charge in [-0.15, -0.1) is 0 Å². The average molecular weight is 236 g/mol. The van der Waals surface area contributed by atoms with Gasteiger partial charge in [-0.05, 0) is 13.3 Å². The minimum atomic E-state index is -0.739. The first-order chi connectivity index (χ1) is 8.04. The number of aromatic amines is 1. The van der Waals surface area contributed by atoms with Crippen LogP contribution in [0.25, 0.3) is 0 Å². The maximum absolute atomic E-state index is 11.6. The van der Waals surface area contributed by atoms with Gasteiger partial charge >= 0.3 is 11.7 Å². The summed E-state index contributed by atoms with van der Waals surface area (Å²) < 4.78 is 6.31. The first kappa shape index (κ1) is 11.4. The first-order valence-corrected chi connectivity index (χ1v) is 5.26. The number of carbonyl (C=O) groups excluding carboxylic acids is 1. The van der Waals surface area contributed by atoms with Crippen LogP contribution in [0.15, 0.2) is 33.0 Å². The summed E-state index contributed by atoms with van der Waals surface area (Å²) in [6, 6.07) is 1.22. The molecule has 0 fully saturated rings. The third kappa shape index (κ3) is 1.82. The molecule has 0 unspecified atom stereocenters. The van der Waals surface area contributed by atoms with Crippen LogP contribution in [-0.2, 0) is 9.53 Å². The molecule has 0 aliphatic carbocycles. The largest absolute Gasteiger partial charge is 0.434 e. The highest BCUT2D eigenvalue weighted by molar-refractivity contribution is 5.91. The second-order valence-electron chi connectivity index (χ2n) is 3.78. The quantitative estimate of drug-likeness (QED) is 0.750. The van der Waals surface area contributed by atoms with Gasteiger partial charge in [0.25, 0.3) is 5.56 Å². The molecule has 0 spiro atoms. The second-order valence-corrected chi connectivity index (χ2v) is 3.78. The Labute approximate surface area is 96.5 Å². The third-order valence-electron chi connectivity index (χ3n) is 2.79. The molecule has 0 saturated heterocycles. The van der Waals surface area contributed by atoms with E-state index in [0.29, 0.717) is 12.0 Å². The standard InChI is InChI=1S/C11H12N2O4/c1-3-7-6(2)10(15)17-9(7)13-5-4-8(14)12-11(13)16/h4-5,9H,3H2,1-2H3,(H,12,14,16)/t9-/m1/s1. The van der Waals surface area contributed by atoms with Crippen LogP contribution in [0.3, 0.4) is 0 Å². The average Bonchev–Trinajstić information content (AvgIpc) is 2.55. The number of H-pyrrole nitrogens is 1. The van der Waals surface area contributed by atoms with E-state index in [1.807, 2.05) is 6.92 Å². The van der Waals surface area contributed by atoms with E-state index >= 15 is 0 Å². The molecular weight excluding hydrogens is 224 g/mol. The van der Waals surface area contributed by atoms with Gasteiger partial charge in [0.1, 0.15) is 0 Å². The van der Waals surface area contributed by atoms with Crippen molar-refractivity contribution in [2.75, 3.05) is 0 Å². The lowest BCUT2D eigenvalue weighted by Gasteiger charge is -2.15. The number of hydrogen-bond acceptors (Lipinski definition) is 4. The monoisotopic (exact) mass is 236 g/mol. The summed E-state index contributed by atoms with van der Waals surface area (Å²) in [6.45, 7) is 3.54. The number of esters is 1. The van der Waals surface area contributed by atoms with Crippen LogP contribution in [0.2, 0.25) is 0 Å². The lowest BCUT2D eigenvalue weighted by molar-refractivity contribution is -0.143. The van der Waals surface area contributed by atoms with Gasteiger partial charge < -0.3 is 4.74 Å². The van der Waals surface area contributed by atoms with Gasteiger partial charge in [-0.1, -0.05) is 6.92 Å². The van der Waals surface area contributed by atoms with Crippen molar-refractivity contribution >= 4 is 5.97 Å². The summed E-state index contributed by atoms with van der Waals surface area (Å²) in [5, 5.41) is 0. The van der Waals surface area contributed by atoms with E-state index < -0.39 is 23.4 Å².